The van der Waals surface area contributed by atoms with Crippen molar-refractivity contribution in [1.29, 1.82) is 0 Å². The molecule has 1 aliphatic heterocycles. The zero-order chi connectivity index (χ0) is 19.6. The number of fused-ring (bicyclic) bond motifs is 1. The van der Waals surface area contributed by atoms with E-state index in [-0.39, 0.29) is 6.23 Å². The van der Waals surface area contributed by atoms with Gasteiger partial charge in [0.05, 0.1) is 5.69 Å². The summed E-state index contributed by atoms with van der Waals surface area (Å²) in [6.45, 7) is 0. The average molecular weight is 377 g/mol. The van der Waals surface area contributed by atoms with Crippen molar-refractivity contribution in [3.05, 3.63) is 109 Å². The third-order valence-electron chi connectivity index (χ3n) is 5.61. The summed E-state index contributed by atoms with van der Waals surface area (Å²) in [6.07, 6.45) is 0.861. The van der Waals surface area contributed by atoms with Crippen LogP contribution in [0.1, 0.15) is 5.56 Å². The van der Waals surface area contributed by atoms with Crippen LogP contribution in [0.25, 0.3) is 22.3 Å². The fourth-order valence-corrected chi connectivity index (χ4v) is 3.93. The zero-order valence-corrected chi connectivity index (χ0v) is 16.5. The van der Waals surface area contributed by atoms with Crippen LogP contribution in [-0.2, 0) is 6.42 Å². The first-order valence-electron chi connectivity index (χ1n) is 10.0. The van der Waals surface area contributed by atoms with Gasteiger partial charge in [0.15, 0.2) is 6.23 Å². The van der Waals surface area contributed by atoms with Gasteiger partial charge in [-0.1, -0.05) is 91.0 Å². The molecule has 0 saturated carbocycles. The number of hydrogen-bond donors (Lipinski definition) is 0. The lowest BCUT2D eigenvalue weighted by molar-refractivity contribution is 0.230. The molecule has 5 rings (SSSR count). The third kappa shape index (κ3) is 3.50. The Morgan fingerprint density at radius 3 is 1.86 bits per heavy atom. The predicted octanol–water partition coefficient (Wildman–Crippen LogP) is 6.42. The zero-order valence-electron chi connectivity index (χ0n) is 16.5. The Hall–Kier alpha value is -3.52. The normalized spacial score (nSPS) is 15.1. The topological polar surface area (TPSA) is 12.5 Å². The fraction of sp³-hybridized carbons (Fsp3) is 0.111. The maximum Gasteiger partial charge on any atom is 0.176 e. The van der Waals surface area contributed by atoms with Gasteiger partial charge in [-0.15, -0.1) is 0 Å². The maximum absolute atomic E-state index is 6.25. The van der Waals surface area contributed by atoms with E-state index in [1.165, 1.54) is 27.8 Å². The highest BCUT2D eigenvalue weighted by molar-refractivity contribution is 5.74. The van der Waals surface area contributed by atoms with Gasteiger partial charge in [0.1, 0.15) is 5.75 Å². The lowest BCUT2D eigenvalue weighted by Gasteiger charge is -2.21. The van der Waals surface area contributed by atoms with Gasteiger partial charge < -0.3 is 9.64 Å². The molecule has 1 heterocycles. The summed E-state index contributed by atoms with van der Waals surface area (Å²) in [5.41, 5.74) is 7.35. The van der Waals surface area contributed by atoms with Crippen LogP contribution in [0.2, 0.25) is 0 Å². The molecule has 4 aromatic rings. The van der Waals surface area contributed by atoms with Crippen molar-refractivity contribution in [3.63, 3.8) is 0 Å². The molecule has 1 unspecified atom stereocenters. The average Bonchev–Trinajstić information content (AvgIpc) is 3.10. The van der Waals surface area contributed by atoms with Crippen LogP contribution in [0, 0.1) is 0 Å². The van der Waals surface area contributed by atoms with E-state index < -0.39 is 0 Å². The lowest BCUT2D eigenvalue weighted by Crippen LogP contribution is -2.32. The van der Waals surface area contributed by atoms with E-state index in [9.17, 15) is 0 Å². The molecule has 0 aliphatic carbocycles. The molecule has 1 aliphatic rings. The van der Waals surface area contributed by atoms with Crippen molar-refractivity contribution in [2.75, 3.05) is 11.9 Å². The highest BCUT2D eigenvalue weighted by Gasteiger charge is 2.28. The van der Waals surface area contributed by atoms with Gasteiger partial charge in [-0.25, -0.2) is 0 Å². The summed E-state index contributed by atoms with van der Waals surface area (Å²) in [7, 11) is 2.11. The SMILES string of the molecule is CN1c2cc(-c3ccccc3)ccc2OC1Cc1ccc(-c2ccccc2)cc1. The molecule has 0 fully saturated rings. The second-order valence-electron chi connectivity index (χ2n) is 7.50. The number of anilines is 1. The standard InChI is InChI=1S/C27H23NO/c1-28-25-19-24(22-10-6-3-7-11-22)16-17-26(25)29-27(28)18-20-12-14-23(15-13-20)21-8-4-2-5-9-21/h2-17,19,27H,18H2,1H3. The number of rotatable bonds is 4. The van der Waals surface area contributed by atoms with Crippen LogP contribution in [-0.4, -0.2) is 13.3 Å². The summed E-state index contributed by atoms with van der Waals surface area (Å²) in [4.78, 5) is 2.24. The molecule has 29 heavy (non-hydrogen) atoms. The number of benzene rings is 4. The first-order chi connectivity index (χ1) is 14.3. The van der Waals surface area contributed by atoms with Crippen molar-refractivity contribution < 1.29 is 4.74 Å². The molecule has 0 bridgehead atoms. The molecular weight excluding hydrogens is 354 g/mol. The van der Waals surface area contributed by atoms with E-state index in [4.69, 9.17) is 4.74 Å². The molecule has 142 valence electrons. The first kappa shape index (κ1) is 17.6. The summed E-state index contributed by atoms with van der Waals surface area (Å²) < 4.78 is 6.25. The van der Waals surface area contributed by atoms with Crippen LogP contribution in [0.3, 0.4) is 0 Å². The fourth-order valence-electron chi connectivity index (χ4n) is 3.93. The number of likely N-dealkylation sites (N-methyl/N-ethyl adjacent to an activating group) is 1. The molecule has 1 atom stereocenters. The molecule has 0 saturated heterocycles. The van der Waals surface area contributed by atoms with Gasteiger partial charge in [0.25, 0.3) is 0 Å². The Labute approximate surface area is 172 Å². The molecule has 2 nitrogen and oxygen atoms in total. The Kier molecular flexibility index (Phi) is 4.53. The van der Waals surface area contributed by atoms with Gasteiger partial charge in [0, 0.05) is 13.5 Å². The van der Waals surface area contributed by atoms with Crippen molar-refractivity contribution in [1.82, 2.24) is 0 Å². The smallest absolute Gasteiger partial charge is 0.176 e. The van der Waals surface area contributed by atoms with E-state index in [1.807, 2.05) is 12.1 Å². The summed E-state index contributed by atoms with van der Waals surface area (Å²) in [5.74, 6) is 0.957. The maximum atomic E-state index is 6.25. The minimum absolute atomic E-state index is 0.0126. The van der Waals surface area contributed by atoms with Crippen molar-refractivity contribution in [2.24, 2.45) is 0 Å². The second kappa shape index (κ2) is 7.48. The van der Waals surface area contributed by atoms with Crippen LogP contribution in [0.15, 0.2) is 103 Å². The van der Waals surface area contributed by atoms with Gasteiger partial charge in [0.2, 0.25) is 0 Å². The molecule has 0 N–H and O–H groups in total. The number of nitrogens with zero attached hydrogens (tertiary/aromatic N) is 1. The van der Waals surface area contributed by atoms with E-state index >= 15 is 0 Å². The third-order valence-corrected chi connectivity index (χ3v) is 5.61. The quantitative estimate of drug-likeness (QED) is 0.407. The van der Waals surface area contributed by atoms with Crippen molar-refractivity contribution >= 4 is 5.69 Å². The van der Waals surface area contributed by atoms with Crippen molar-refractivity contribution in [3.8, 4) is 28.0 Å². The number of ether oxygens (including phenoxy) is 1. The van der Waals surface area contributed by atoms with Crippen LogP contribution < -0.4 is 9.64 Å². The molecule has 2 heteroatoms. The summed E-state index contributed by atoms with van der Waals surface area (Å²) in [6, 6.07) is 36.2. The Bertz CT molecular complexity index is 1100. The van der Waals surface area contributed by atoms with E-state index in [2.05, 4.69) is 103 Å². The highest BCUT2D eigenvalue weighted by Crippen LogP contribution is 2.40. The van der Waals surface area contributed by atoms with Crippen LogP contribution >= 0.6 is 0 Å². The van der Waals surface area contributed by atoms with E-state index in [0.717, 1.165) is 17.9 Å². The second-order valence-corrected chi connectivity index (χ2v) is 7.50. The van der Waals surface area contributed by atoms with Crippen LogP contribution in [0.4, 0.5) is 5.69 Å². The molecule has 4 aromatic carbocycles. The Morgan fingerprint density at radius 2 is 1.21 bits per heavy atom. The Morgan fingerprint density at radius 1 is 0.655 bits per heavy atom. The van der Waals surface area contributed by atoms with Gasteiger partial charge >= 0.3 is 0 Å². The van der Waals surface area contributed by atoms with E-state index in [0.29, 0.717) is 0 Å². The monoisotopic (exact) mass is 377 g/mol. The molecular formula is C27H23NO. The van der Waals surface area contributed by atoms with Crippen molar-refractivity contribution in [2.45, 2.75) is 12.6 Å². The minimum atomic E-state index is 0.0126. The molecule has 0 spiro atoms. The van der Waals surface area contributed by atoms with Gasteiger partial charge in [-0.3, -0.25) is 0 Å². The largest absolute Gasteiger partial charge is 0.468 e. The molecule has 0 aromatic heterocycles. The molecule has 0 amide bonds. The molecule has 0 radical (unpaired) electrons. The minimum Gasteiger partial charge on any atom is -0.468 e. The first-order valence-corrected chi connectivity index (χ1v) is 10.0. The van der Waals surface area contributed by atoms with Crippen LogP contribution in [0.5, 0.6) is 5.75 Å². The predicted molar refractivity (Wildman–Crippen MR) is 120 cm³/mol. The summed E-state index contributed by atoms with van der Waals surface area (Å²) >= 11 is 0. The lowest BCUT2D eigenvalue weighted by atomic mass is 10.0. The highest BCUT2D eigenvalue weighted by atomic mass is 16.5. The van der Waals surface area contributed by atoms with E-state index in [1.54, 1.807) is 0 Å². The Balaban J connectivity index is 1.33. The summed E-state index contributed by atoms with van der Waals surface area (Å²) in [5, 5.41) is 0. The number of hydrogen-bond acceptors (Lipinski definition) is 2. The van der Waals surface area contributed by atoms with Gasteiger partial charge in [-0.05, 0) is 39.9 Å². The van der Waals surface area contributed by atoms with Gasteiger partial charge in [-0.2, -0.15) is 0 Å².